The summed E-state index contributed by atoms with van der Waals surface area (Å²) in [4.78, 5) is 46.5. The number of carboxylic acid groups (broad SMARTS) is 1. The first-order valence-electron chi connectivity index (χ1n) is 37.1. The Hall–Kier alpha value is -4.45. The molecule has 4 aromatic rings. The molecule has 22 heteroatoms. The summed E-state index contributed by atoms with van der Waals surface area (Å²) in [5, 5.41) is 67.5. The molecule has 7 N–H and O–H groups in total. The van der Waals surface area contributed by atoms with Crippen molar-refractivity contribution in [2.45, 2.75) is 262 Å². The number of hydrogen-bond donors (Lipinski definition) is 6. The van der Waals surface area contributed by atoms with Gasteiger partial charge in [0, 0.05) is 189 Å². The second-order valence-electron chi connectivity index (χ2n) is 30.7. The molecule has 15 rings (SSSR count). The Morgan fingerprint density at radius 2 is 0.970 bits per heavy atom. The Bertz CT molecular complexity index is 3860. The van der Waals surface area contributed by atoms with Gasteiger partial charge in [-0.25, -0.2) is 0 Å². The number of nitrogens with one attached hydrogen (secondary N) is 1. The van der Waals surface area contributed by atoms with Crippen LogP contribution in [0.5, 0.6) is 46.0 Å². The number of benzene rings is 4. The molecule has 8 heterocycles. The molecule has 3 aliphatic carbocycles. The van der Waals surface area contributed by atoms with Crippen LogP contribution in [-0.2, 0) is 40.1 Å². The fourth-order valence-electron chi connectivity index (χ4n) is 19.8. The number of phenols is 3. The second-order valence-corrected chi connectivity index (χ2v) is 30.7. The van der Waals surface area contributed by atoms with Crippen LogP contribution in [-0.4, -0.2) is 135 Å². The van der Waals surface area contributed by atoms with E-state index in [1.165, 1.54) is 96.3 Å². The van der Waals surface area contributed by atoms with E-state index >= 15 is 0 Å². The topological polar surface area (TPSA) is 277 Å². The molecule has 2 saturated heterocycles. The monoisotopic (exact) mass is 1810 g/mol. The number of hydrogen-bond acceptors (Lipinski definition) is 18. The van der Waals surface area contributed by atoms with E-state index in [1.54, 1.807) is 0 Å². The van der Waals surface area contributed by atoms with Gasteiger partial charge in [-0.15, -0.1) is 0 Å². The molecule has 101 heavy (non-hydrogen) atoms. The van der Waals surface area contributed by atoms with Gasteiger partial charge in [0.25, 0.3) is 0 Å². The SMILES string of the molecule is Cc1cc2c(c(O)c1C)[C@@H]1C3Cc4c(O)c(C)c5c(c4[C@H](CN)N3[C@@H](C#N)[C@H](C2)N1C)OCO5.Cc1cc2c(c(OC(=O)CCC3CCCCC3)c1C)[C@@H]1C3Cc4c(O)c(C)c5c(c4[C@H](CNC(=O)CCC4CCCCC4)N3[C@@H](C#N)[C@H](C2)N1C)OCO5.O=C(O)CCC1CCCCC1.[Ac].[Ac]. The summed E-state index contributed by atoms with van der Waals surface area (Å²) in [5.41, 5.74) is 19.0. The van der Waals surface area contributed by atoms with Crippen molar-refractivity contribution in [1.82, 2.24) is 24.9 Å². The van der Waals surface area contributed by atoms with E-state index in [1.807, 2.05) is 41.7 Å². The molecule has 2 radical (unpaired) electrons. The summed E-state index contributed by atoms with van der Waals surface area (Å²) in [5.74, 6) is 4.75. The summed E-state index contributed by atoms with van der Waals surface area (Å²) >= 11 is 0. The van der Waals surface area contributed by atoms with Crippen molar-refractivity contribution in [3.63, 3.8) is 0 Å². The molecule has 8 aliphatic heterocycles. The smallest absolute Gasteiger partial charge is 0.311 e. The predicted molar refractivity (Wildman–Crippen MR) is 373 cm³/mol. The van der Waals surface area contributed by atoms with Gasteiger partial charge < -0.3 is 55.2 Å². The molecule has 4 aromatic carbocycles. The van der Waals surface area contributed by atoms with Crippen LogP contribution in [0.15, 0.2) is 12.1 Å². The molecule has 5 fully saturated rings. The van der Waals surface area contributed by atoms with Crippen molar-refractivity contribution in [3.8, 4) is 58.1 Å². The molecule has 2 unspecified atom stereocenters. The Kier molecular flexibility index (Phi) is 25.5. The molecule has 4 bridgehead atoms. The molecule has 1 amide bonds. The Morgan fingerprint density at radius 1 is 0.545 bits per heavy atom. The van der Waals surface area contributed by atoms with Crippen molar-refractivity contribution >= 4 is 17.8 Å². The van der Waals surface area contributed by atoms with Crippen molar-refractivity contribution in [2.75, 3.05) is 40.8 Å². The number of fused-ring (bicyclic) bond motifs is 18. The number of piperazine rings is 2. The minimum atomic E-state index is -0.643. The van der Waals surface area contributed by atoms with Crippen LogP contribution in [0.3, 0.4) is 0 Å². The van der Waals surface area contributed by atoms with E-state index in [0.717, 1.165) is 86.0 Å². The summed E-state index contributed by atoms with van der Waals surface area (Å²) in [6.45, 7) is 12.5. The zero-order valence-electron chi connectivity index (χ0n) is 60.6. The maximum Gasteiger partial charge on any atom is 0.311 e. The third-order valence-corrected chi connectivity index (χ3v) is 25.3. The fraction of sp³-hybridized carbons (Fsp3) is 0.633. The average Bonchev–Trinajstić information content (AvgIpc) is 1.38. The molecule has 11 aliphatic rings. The minimum Gasteiger partial charge on any atom is -0.507 e. The van der Waals surface area contributed by atoms with Crippen LogP contribution in [0, 0.1) is 170 Å². The maximum atomic E-state index is 13.7. The van der Waals surface area contributed by atoms with E-state index in [0.29, 0.717) is 108 Å². The minimum absolute atomic E-state index is 0. The van der Waals surface area contributed by atoms with Crippen LogP contribution in [0.2, 0.25) is 0 Å². The van der Waals surface area contributed by atoms with Gasteiger partial charge in [0.1, 0.15) is 35.1 Å². The number of aliphatic carboxylic acids is 1. The number of carboxylic acids is 1. The maximum absolute atomic E-state index is 13.7. The first kappa shape index (κ1) is 77.6. The van der Waals surface area contributed by atoms with Gasteiger partial charge in [-0.1, -0.05) is 108 Å². The number of amides is 1. The van der Waals surface area contributed by atoms with Crippen LogP contribution < -0.4 is 34.7 Å². The number of nitrogens with zero attached hydrogens (tertiary/aromatic N) is 6. The quantitative estimate of drug-likeness (QED) is 0.0536. The summed E-state index contributed by atoms with van der Waals surface area (Å²) in [6, 6.07) is 7.05. The Balaban J connectivity index is 0.000000185. The number of esters is 1. The number of carbonyl (C=O) groups is 3. The third-order valence-electron chi connectivity index (χ3n) is 25.3. The van der Waals surface area contributed by atoms with Crippen molar-refractivity contribution in [1.29, 1.82) is 10.5 Å². The van der Waals surface area contributed by atoms with E-state index < -0.39 is 24.1 Å². The zero-order valence-corrected chi connectivity index (χ0v) is 70.1. The fourth-order valence-corrected chi connectivity index (χ4v) is 19.8. The van der Waals surface area contributed by atoms with Gasteiger partial charge in [0.2, 0.25) is 19.5 Å². The van der Waals surface area contributed by atoms with Crippen molar-refractivity contribution < 1.29 is 147 Å². The van der Waals surface area contributed by atoms with Crippen molar-refractivity contribution in [3.05, 3.63) is 90.0 Å². The summed E-state index contributed by atoms with van der Waals surface area (Å²) < 4.78 is 30.1. The number of aryl methyl sites for hydroxylation is 2. The van der Waals surface area contributed by atoms with E-state index in [9.17, 15) is 40.2 Å². The molecule has 0 spiro atoms. The number of aromatic hydroxyl groups is 3. The van der Waals surface area contributed by atoms with Gasteiger partial charge in [-0.2, -0.15) is 10.5 Å². The molecular weight excluding hydrogens is 1710 g/mol. The largest absolute Gasteiger partial charge is 0.507 e. The van der Waals surface area contributed by atoms with Crippen LogP contribution in [0.1, 0.15) is 237 Å². The number of rotatable bonds is 13. The van der Waals surface area contributed by atoms with Gasteiger partial charge in [-0.05, 0) is 152 Å². The van der Waals surface area contributed by atoms with E-state index in [2.05, 4.69) is 63.2 Å². The van der Waals surface area contributed by atoms with Crippen molar-refractivity contribution in [2.24, 2.45) is 23.5 Å². The molecule has 538 valence electrons. The Labute approximate surface area is 668 Å². The zero-order chi connectivity index (χ0) is 69.8. The normalized spacial score (nSPS) is 26.3. The van der Waals surface area contributed by atoms with Crippen LogP contribution >= 0.6 is 0 Å². The van der Waals surface area contributed by atoms with E-state index in [4.69, 9.17) is 34.5 Å². The summed E-state index contributed by atoms with van der Waals surface area (Å²) in [7, 11) is 4.14. The average molecular weight is 1810 g/mol. The molecule has 3 saturated carbocycles. The number of phenolic OH excluding ortho intramolecular Hbond substituents is 3. The predicted octanol–water partition coefficient (Wildman–Crippen LogP) is 12.5. The first-order chi connectivity index (χ1) is 47.7. The van der Waals surface area contributed by atoms with Gasteiger partial charge in [-0.3, -0.25) is 34.0 Å². The number of carbonyl (C=O) groups excluding carboxylic acids is 2. The van der Waals surface area contributed by atoms with Gasteiger partial charge in [0.15, 0.2) is 23.0 Å². The number of likely N-dealkylation sites (N-methyl/N-ethyl adjacent to an activating group) is 2. The Morgan fingerprint density at radius 3 is 1.45 bits per heavy atom. The standard InChI is InChI=1S/C44H58N4O6.C26H30N4O4.C9H16O2.2Ac/c1-25-19-30-20-32-34(22-45)48-33(40(47(32)4)38(30)42(26(25)2)54-37(50)18-16-29-13-9-6-10-14-29)21-31-39(44-43(52-24-53-44)27(3)41(31)51)35(48)23-46-36(49)17-15-28-11-7-5-8-12-28;1-11-5-14-6-16-18(8-27)30-17(22(29(16)4)20(14)24(32)12(11)2)7-15-21(19(30)9-28)26-25(33-10-34-26)13(3)23(15)31;10-9(11)7-6-8-4-2-1-3-5-8;;/h19,28-29,32-35,40,51H,5-18,20-21,23-24H2,1-4H3,(H,46,49);5,16-19,22,31-32H,6-7,9-10,28H2,1-4H3;8H,1-7H2,(H,10,11);;/t32-,33?,34-,35-,40-;16-,17?,18-,19-,22-;;;/m00.../s1. The second kappa shape index (κ2) is 33.1. The van der Waals surface area contributed by atoms with Gasteiger partial charge in [0.05, 0.1) is 36.3 Å². The number of nitrogens with two attached hydrogens (primary N) is 1. The van der Waals surface area contributed by atoms with Gasteiger partial charge >= 0.3 is 11.9 Å². The first-order valence-corrected chi connectivity index (χ1v) is 37.1. The summed E-state index contributed by atoms with van der Waals surface area (Å²) in [6.07, 6.45) is 25.0. The number of ether oxygens (including phenoxy) is 5. The van der Waals surface area contributed by atoms with Crippen LogP contribution in [0.4, 0.5) is 0 Å². The molecule has 10 atom stereocenters. The molecular formula is C79H104Ac2N8O12. The number of nitriles is 2. The van der Waals surface area contributed by atoms with Crippen LogP contribution in [0.25, 0.3) is 0 Å². The third kappa shape index (κ3) is 14.8. The molecule has 0 aromatic heterocycles. The van der Waals surface area contributed by atoms with E-state index in [-0.39, 0.29) is 180 Å². The molecule has 20 nitrogen and oxygen atoms in total.